The SMILES string of the molecule is Cc1ccccc1CNc1cc(Cl)cc(-c2cccc(Cn3c(=N)[nH]c4ccc(Cl)cc43)c2C)c1N. The number of nitrogen functional groups attached to an aromatic ring is 1. The number of rotatable bonds is 6. The molecular weight excluding hydrogens is 489 g/mol. The van der Waals surface area contributed by atoms with Crippen molar-refractivity contribution in [2.24, 2.45) is 0 Å². The Morgan fingerprint density at radius 1 is 0.889 bits per heavy atom. The molecule has 5 N–H and O–H groups in total. The summed E-state index contributed by atoms with van der Waals surface area (Å²) in [5.41, 5.74) is 16.7. The zero-order valence-corrected chi connectivity index (χ0v) is 21.6. The van der Waals surface area contributed by atoms with Crippen LogP contribution in [0.1, 0.15) is 22.3 Å². The highest BCUT2D eigenvalue weighted by molar-refractivity contribution is 6.31. The number of aryl methyl sites for hydroxylation is 1. The van der Waals surface area contributed by atoms with Crippen molar-refractivity contribution >= 4 is 45.6 Å². The third kappa shape index (κ3) is 4.60. The van der Waals surface area contributed by atoms with Gasteiger partial charge in [-0.1, -0.05) is 65.7 Å². The molecule has 0 aliphatic heterocycles. The Kier molecular flexibility index (Phi) is 6.52. The monoisotopic (exact) mass is 515 g/mol. The highest BCUT2D eigenvalue weighted by Crippen LogP contribution is 2.38. The lowest BCUT2D eigenvalue weighted by Crippen LogP contribution is -2.18. The molecule has 0 saturated carbocycles. The minimum absolute atomic E-state index is 0.321. The Balaban J connectivity index is 1.51. The Morgan fingerprint density at radius 3 is 2.47 bits per heavy atom. The van der Waals surface area contributed by atoms with Gasteiger partial charge >= 0.3 is 0 Å². The van der Waals surface area contributed by atoms with E-state index >= 15 is 0 Å². The van der Waals surface area contributed by atoms with Gasteiger partial charge < -0.3 is 20.6 Å². The van der Waals surface area contributed by atoms with Crippen LogP contribution >= 0.6 is 23.2 Å². The molecule has 5 aromatic rings. The van der Waals surface area contributed by atoms with Crippen molar-refractivity contribution in [2.45, 2.75) is 26.9 Å². The average molecular weight is 516 g/mol. The second kappa shape index (κ2) is 9.76. The van der Waals surface area contributed by atoms with Crippen molar-refractivity contribution in [2.75, 3.05) is 11.1 Å². The minimum atomic E-state index is 0.321. The van der Waals surface area contributed by atoms with E-state index in [0.717, 1.165) is 39.0 Å². The third-order valence-corrected chi connectivity index (χ3v) is 7.17. The first-order valence-corrected chi connectivity index (χ1v) is 12.5. The molecule has 0 aliphatic carbocycles. The number of nitrogens with zero attached hydrogens (tertiary/aromatic N) is 1. The van der Waals surface area contributed by atoms with E-state index in [0.29, 0.717) is 34.4 Å². The molecule has 7 heteroatoms. The van der Waals surface area contributed by atoms with Gasteiger partial charge in [0.15, 0.2) is 0 Å². The number of imidazole rings is 1. The zero-order chi connectivity index (χ0) is 25.4. The number of halogens is 2. The second-order valence-corrected chi connectivity index (χ2v) is 9.88. The van der Waals surface area contributed by atoms with Crippen molar-refractivity contribution < 1.29 is 0 Å². The molecule has 0 spiro atoms. The average Bonchev–Trinajstić information content (AvgIpc) is 3.16. The Morgan fingerprint density at radius 2 is 1.67 bits per heavy atom. The fourth-order valence-electron chi connectivity index (χ4n) is 4.62. The van der Waals surface area contributed by atoms with E-state index in [9.17, 15) is 0 Å². The van der Waals surface area contributed by atoms with E-state index in [1.54, 1.807) is 0 Å². The van der Waals surface area contributed by atoms with E-state index in [1.165, 1.54) is 11.1 Å². The van der Waals surface area contributed by atoms with Gasteiger partial charge in [0.1, 0.15) is 0 Å². The predicted octanol–water partition coefficient (Wildman–Crippen LogP) is 7.28. The smallest absolute Gasteiger partial charge is 0.200 e. The number of hydrogen-bond acceptors (Lipinski definition) is 3. The van der Waals surface area contributed by atoms with Gasteiger partial charge in [0.05, 0.1) is 29.0 Å². The maximum absolute atomic E-state index is 8.45. The van der Waals surface area contributed by atoms with Crippen LogP contribution < -0.4 is 16.7 Å². The van der Waals surface area contributed by atoms with Crippen LogP contribution in [0.15, 0.2) is 72.8 Å². The van der Waals surface area contributed by atoms with Crippen LogP contribution in [0.2, 0.25) is 10.0 Å². The number of nitrogens with two attached hydrogens (primary N) is 1. The highest BCUT2D eigenvalue weighted by atomic mass is 35.5. The first-order chi connectivity index (χ1) is 17.3. The largest absolute Gasteiger partial charge is 0.397 e. The summed E-state index contributed by atoms with van der Waals surface area (Å²) in [6, 6.07) is 23.8. The summed E-state index contributed by atoms with van der Waals surface area (Å²) in [7, 11) is 0. The molecule has 0 amide bonds. The van der Waals surface area contributed by atoms with Gasteiger partial charge in [-0.25, -0.2) is 0 Å². The van der Waals surface area contributed by atoms with E-state index in [2.05, 4.69) is 48.4 Å². The topological polar surface area (TPSA) is 82.6 Å². The van der Waals surface area contributed by atoms with Crippen LogP contribution in [0.5, 0.6) is 0 Å². The molecule has 1 aromatic heterocycles. The van der Waals surface area contributed by atoms with E-state index in [4.69, 9.17) is 34.3 Å². The number of H-pyrrole nitrogens is 1. The van der Waals surface area contributed by atoms with Gasteiger partial charge in [-0.05, 0) is 72.0 Å². The molecule has 0 saturated heterocycles. The standard InChI is InChI=1S/C29H27Cl2N5/c1-17-6-3-4-7-19(17)15-34-26-13-22(31)12-24(28(26)32)23-9-5-8-20(18(23)2)16-36-27-14-21(30)10-11-25(27)35-29(36)33/h3-14,34H,15-16,32H2,1-2H3,(H2,33,35). The molecule has 0 atom stereocenters. The molecule has 182 valence electrons. The zero-order valence-electron chi connectivity index (χ0n) is 20.1. The first kappa shape index (κ1) is 24.0. The summed E-state index contributed by atoms with van der Waals surface area (Å²) in [5, 5.41) is 13.2. The van der Waals surface area contributed by atoms with Gasteiger partial charge in [0, 0.05) is 22.2 Å². The molecule has 0 bridgehead atoms. The first-order valence-electron chi connectivity index (χ1n) is 11.7. The van der Waals surface area contributed by atoms with Gasteiger partial charge in [0.2, 0.25) is 5.62 Å². The molecule has 1 heterocycles. The molecule has 0 aliphatic rings. The van der Waals surface area contributed by atoms with Crippen LogP contribution in [-0.2, 0) is 13.1 Å². The molecule has 36 heavy (non-hydrogen) atoms. The molecule has 4 aromatic carbocycles. The number of aromatic amines is 1. The molecule has 0 radical (unpaired) electrons. The van der Waals surface area contributed by atoms with E-state index < -0.39 is 0 Å². The fourth-order valence-corrected chi connectivity index (χ4v) is 5.00. The predicted molar refractivity (Wildman–Crippen MR) is 151 cm³/mol. The summed E-state index contributed by atoms with van der Waals surface area (Å²) >= 11 is 12.8. The normalized spacial score (nSPS) is 11.2. The van der Waals surface area contributed by atoms with Crippen LogP contribution in [-0.4, -0.2) is 9.55 Å². The van der Waals surface area contributed by atoms with Gasteiger partial charge in [-0.2, -0.15) is 0 Å². The molecule has 0 fully saturated rings. The Bertz CT molecular complexity index is 1650. The Hall–Kier alpha value is -3.67. The number of nitrogens with one attached hydrogen (secondary N) is 3. The number of benzene rings is 4. The molecule has 0 unspecified atom stereocenters. The van der Waals surface area contributed by atoms with E-state index in [1.807, 2.05) is 53.1 Å². The van der Waals surface area contributed by atoms with Crippen molar-refractivity contribution in [1.82, 2.24) is 9.55 Å². The lowest BCUT2D eigenvalue weighted by molar-refractivity contribution is 0.748. The second-order valence-electron chi connectivity index (χ2n) is 9.01. The third-order valence-electron chi connectivity index (χ3n) is 6.71. The molecule has 5 nitrogen and oxygen atoms in total. The maximum Gasteiger partial charge on any atom is 0.200 e. The lowest BCUT2D eigenvalue weighted by atomic mass is 9.94. The number of fused-ring (bicyclic) bond motifs is 1. The van der Waals surface area contributed by atoms with Gasteiger partial charge in [-0.3, -0.25) is 5.41 Å². The summed E-state index contributed by atoms with van der Waals surface area (Å²) in [6.45, 7) is 5.36. The van der Waals surface area contributed by atoms with Gasteiger partial charge in [0.25, 0.3) is 0 Å². The van der Waals surface area contributed by atoms with Crippen LogP contribution in [0.4, 0.5) is 11.4 Å². The van der Waals surface area contributed by atoms with Crippen LogP contribution in [0, 0.1) is 19.3 Å². The lowest BCUT2D eigenvalue weighted by Gasteiger charge is -2.18. The quantitative estimate of drug-likeness (QED) is 0.179. The number of hydrogen-bond donors (Lipinski definition) is 4. The van der Waals surface area contributed by atoms with E-state index in [-0.39, 0.29) is 0 Å². The van der Waals surface area contributed by atoms with Crippen molar-refractivity contribution in [1.29, 1.82) is 5.41 Å². The van der Waals surface area contributed by atoms with Crippen molar-refractivity contribution in [3.05, 3.63) is 111 Å². The van der Waals surface area contributed by atoms with Gasteiger partial charge in [-0.15, -0.1) is 0 Å². The van der Waals surface area contributed by atoms with Crippen molar-refractivity contribution in [3.63, 3.8) is 0 Å². The number of anilines is 2. The summed E-state index contributed by atoms with van der Waals surface area (Å²) in [5.74, 6) is 0. The minimum Gasteiger partial charge on any atom is -0.397 e. The fraction of sp³-hybridized carbons (Fsp3) is 0.138. The maximum atomic E-state index is 8.45. The summed E-state index contributed by atoms with van der Waals surface area (Å²) in [6.07, 6.45) is 0. The summed E-state index contributed by atoms with van der Waals surface area (Å²) in [4.78, 5) is 3.12. The summed E-state index contributed by atoms with van der Waals surface area (Å²) < 4.78 is 1.92. The van der Waals surface area contributed by atoms with Crippen LogP contribution in [0.25, 0.3) is 22.2 Å². The van der Waals surface area contributed by atoms with Crippen molar-refractivity contribution in [3.8, 4) is 11.1 Å². The highest BCUT2D eigenvalue weighted by Gasteiger charge is 2.15. The van der Waals surface area contributed by atoms with Crippen LogP contribution in [0.3, 0.4) is 0 Å². The number of aromatic nitrogens is 2. The Labute approximate surface area is 220 Å². The molecule has 5 rings (SSSR count). The molecular formula is C29H27Cl2N5.